The normalized spacial score (nSPS) is 14.3. The first-order valence-corrected chi connectivity index (χ1v) is 16.3. The van der Waals surface area contributed by atoms with E-state index in [9.17, 15) is 27.5 Å². The van der Waals surface area contributed by atoms with Gasteiger partial charge in [-0.3, -0.25) is 4.79 Å². The van der Waals surface area contributed by atoms with E-state index in [1.54, 1.807) is 12.1 Å². The lowest BCUT2D eigenvalue weighted by Gasteiger charge is -2.34. The molecule has 12 heteroatoms. The summed E-state index contributed by atoms with van der Waals surface area (Å²) in [7, 11) is -3.76. The molecule has 0 aromatic heterocycles. The quantitative estimate of drug-likeness (QED) is 0.243. The van der Waals surface area contributed by atoms with Gasteiger partial charge < -0.3 is 20.6 Å². The van der Waals surface area contributed by atoms with E-state index in [-0.39, 0.29) is 30.7 Å². The van der Waals surface area contributed by atoms with Crippen LogP contribution in [0, 0.1) is 11.7 Å². The Balaban J connectivity index is 2.29. The highest BCUT2D eigenvalue weighted by Gasteiger charge is 2.31. The van der Waals surface area contributed by atoms with Gasteiger partial charge in [-0.2, -0.15) is 0 Å². The lowest BCUT2D eigenvalue weighted by Crippen LogP contribution is -2.57. The van der Waals surface area contributed by atoms with E-state index >= 15 is 0 Å². The van der Waals surface area contributed by atoms with Crippen molar-refractivity contribution in [3.8, 4) is 0 Å². The predicted octanol–water partition coefficient (Wildman–Crippen LogP) is 3.39. The minimum atomic E-state index is -3.76. The Bertz CT molecular complexity index is 1220. The standard InChI is InChI=1S/C29H43FN4O5S2/c1-20(2)17-34(28(37)32-29(3,4)5)18-26(35)24(16-21-10-8-7-9-11-21)31-27(36)25(33-41(6,38)39)19-40-23-14-12-22(30)13-15-23/h7-15,20,24-26,33,35H,16-19H2,1-6H3,(H,31,36)(H,32,37)/t24-,25+,26+/m0/s1. The molecular formula is C29H43FN4O5S2. The van der Waals surface area contributed by atoms with Crippen molar-refractivity contribution in [3.63, 3.8) is 0 Å². The number of carbonyl (C=O) groups excluding carboxylic acids is 2. The second-order valence-electron chi connectivity index (χ2n) is 11.6. The van der Waals surface area contributed by atoms with E-state index in [1.807, 2.05) is 65.0 Å². The van der Waals surface area contributed by atoms with E-state index < -0.39 is 45.5 Å². The molecule has 9 nitrogen and oxygen atoms in total. The number of nitrogens with one attached hydrogen (secondary N) is 3. The number of benzene rings is 2. The van der Waals surface area contributed by atoms with Crippen LogP contribution in [0.25, 0.3) is 0 Å². The van der Waals surface area contributed by atoms with Crippen molar-refractivity contribution in [3.05, 3.63) is 66.0 Å². The van der Waals surface area contributed by atoms with Crippen molar-refractivity contribution in [1.29, 1.82) is 0 Å². The number of urea groups is 1. The molecule has 2 aromatic carbocycles. The molecule has 4 N–H and O–H groups in total. The minimum absolute atomic E-state index is 0.0339. The summed E-state index contributed by atoms with van der Waals surface area (Å²) in [5.74, 6) is -0.869. The molecule has 0 bridgehead atoms. The number of halogens is 1. The smallest absolute Gasteiger partial charge is 0.317 e. The monoisotopic (exact) mass is 610 g/mol. The van der Waals surface area contributed by atoms with Gasteiger partial charge in [0.1, 0.15) is 11.9 Å². The fraction of sp³-hybridized carbons (Fsp3) is 0.517. The van der Waals surface area contributed by atoms with Gasteiger partial charge in [0.05, 0.1) is 24.9 Å². The highest BCUT2D eigenvalue weighted by Crippen LogP contribution is 2.20. The lowest BCUT2D eigenvalue weighted by molar-refractivity contribution is -0.123. The van der Waals surface area contributed by atoms with Crippen LogP contribution in [-0.4, -0.2) is 79.2 Å². The number of amides is 3. The van der Waals surface area contributed by atoms with Gasteiger partial charge in [0.25, 0.3) is 0 Å². The topological polar surface area (TPSA) is 128 Å². The molecular weight excluding hydrogens is 567 g/mol. The molecule has 0 radical (unpaired) electrons. The van der Waals surface area contributed by atoms with Gasteiger partial charge in [-0.1, -0.05) is 44.2 Å². The summed E-state index contributed by atoms with van der Waals surface area (Å²) in [5.41, 5.74) is 0.362. The zero-order chi connectivity index (χ0) is 30.8. The Hall–Kier alpha value is -2.67. The summed E-state index contributed by atoms with van der Waals surface area (Å²) < 4.78 is 39.9. The Morgan fingerprint density at radius 3 is 2.17 bits per heavy atom. The minimum Gasteiger partial charge on any atom is -0.389 e. The molecule has 0 saturated heterocycles. The van der Waals surface area contributed by atoms with Gasteiger partial charge in [0.2, 0.25) is 15.9 Å². The van der Waals surface area contributed by atoms with Gasteiger partial charge in [0.15, 0.2) is 0 Å². The number of thioether (sulfide) groups is 1. The largest absolute Gasteiger partial charge is 0.389 e. The number of aliphatic hydroxyl groups excluding tert-OH is 1. The molecule has 3 atom stereocenters. The molecule has 41 heavy (non-hydrogen) atoms. The van der Waals surface area contributed by atoms with Gasteiger partial charge in [0, 0.05) is 22.7 Å². The molecule has 3 amide bonds. The lowest BCUT2D eigenvalue weighted by atomic mass is 10.00. The summed E-state index contributed by atoms with van der Waals surface area (Å²) in [6.45, 7) is 9.87. The SMILES string of the molecule is CC(C)CN(C[C@@H](O)[C@H](Cc1ccccc1)NC(=O)[C@@H](CSc1ccc(F)cc1)NS(C)(=O)=O)C(=O)NC(C)(C)C. The van der Waals surface area contributed by atoms with Gasteiger partial charge in [-0.05, 0) is 62.9 Å². The first kappa shape index (κ1) is 34.5. The average Bonchev–Trinajstić information content (AvgIpc) is 2.85. The van der Waals surface area contributed by atoms with Crippen LogP contribution in [0.1, 0.15) is 40.2 Å². The van der Waals surface area contributed by atoms with Crippen LogP contribution >= 0.6 is 11.8 Å². The number of carbonyl (C=O) groups is 2. The number of hydrogen-bond acceptors (Lipinski definition) is 6. The Morgan fingerprint density at radius 1 is 1.02 bits per heavy atom. The molecule has 0 saturated carbocycles. The second-order valence-corrected chi connectivity index (χ2v) is 14.4. The Morgan fingerprint density at radius 2 is 1.63 bits per heavy atom. The van der Waals surface area contributed by atoms with Crippen LogP contribution < -0.4 is 15.4 Å². The highest BCUT2D eigenvalue weighted by molar-refractivity contribution is 7.99. The molecule has 228 valence electrons. The van der Waals surface area contributed by atoms with Crippen LogP contribution in [0.3, 0.4) is 0 Å². The van der Waals surface area contributed by atoms with Crippen molar-refractivity contribution >= 4 is 33.7 Å². The third-order valence-corrected chi connectivity index (χ3v) is 7.57. The molecule has 2 rings (SSSR count). The average molecular weight is 611 g/mol. The number of sulfonamides is 1. The van der Waals surface area contributed by atoms with Crippen molar-refractivity contribution < 1.29 is 27.5 Å². The summed E-state index contributed by atoms with van der Waals surface area (Å²) in [5, 5.41) is 17.1. The van der Waals surface area contributed by atoms with Crippen LogP contribution in [-0.2, 0) is 21.2 Å². The molecule has 0 heterocycles. The van der Waals surface area contributed by atoms with E-state index in [0.717, 1.165) is 11.8 Å². The molecule has 0 spiro atoms. The van der Waals surface area contributed by atoms with Gasteiger partial charge in [-0.15, -0.1) is 11.8 Å². The maximum Gasteiger partial charge on any atom is 0.317 e. The van der Waals surface area contributed by atoms with Crippen LogP contribution in [0.2, 0.25) is 0 Å². The molecule has 0 aliphatic rings. The first-order valence-electron chi connectivity index (χ1n) is 13.5. The second kappa shape index (κ2) is 15.5. The van der Waals surface area contributed by atoms with Crippen molar-refractivity contribution in [2.45, 2.75) is 69.7 Å². The predicted molar refractivity (Wildman–Crippen MR) is 162 cm³/mol. The third kappa shape index (κ3) is 13.7. The molecule has 0 aliphatic heterocycles. The first-order chi connectivity index (χ1) is 19.0. The molecule has 0 unspecified atom stereocenters. The molecule has 2 aromatic rings. The van der Waals surface area contributed by atoms with Crippen molar-refractivity contribution in [1.82, 2.24) is 20.3 Å². The number of aliphatic hydroxyl groups is 1. The summed E-state index contributed by atoms with van der Waals surface area (Å²) in [6, 6.07) is 12.6. The fourth-order valence-electron chi connectivity index (χ4n) is 4.00. The maximum atomic E-state index is 13.5. The zero-order valence-electron chi connectivity index (χ0n) is 24.6. The number of hydrogen-bond donors (Lipinski definition) is 4. The van der Waals surface area contributed by atoms with Crippen LogP contribution in [0.5, 0.6) is 0 Å². The zero-order valence-corrected chi connectivity index (χ0v) is 26.2. The van der Waals surface area contributed by atoms with Crippen LogP contribution in [0.4, 0.5) is 9.18 Å². The Labute approximate surface area is 247 Å². The van der Waals surface area contributed by atoms with E-state index in [2.05, 4.69) is 15.4 Å². The third-order valence-electron chi connectivity index (χ3n) is 5.76. The molecule has 0 aliphatic carbocycles. The highest BCUT2D eigenvalue weighted by atomic mass is 32.2. The summed E-state index contributed by atoms with van der Waals surface area (Å²) >= 11 is 1.19. The number of rotatable bonds is 14. The maximum absolute atomic E-state index is 13.5. The van der Waals surface area contributed by atoms with Crippen molar-refractivity contribution in [2.24, 2.45) is 5.92 Å². The summed E-state index contributed by atoms with van der Waals surface area (Å²) in [6.07, 6.45) is 0.0530. The Kier molecular flexibility index (Phi) is 13.1. The summed E-state index contributed by atoms with van der Waals surface area (Å²) in [4.78, 5) is 28.7. The van der Waals surface area contributed by atoms with Crippen molar-refractivity contribution in [2.75, 3.05) is 25.1 Å². The van der Waals surface area contributed by atoms with E-state index in [4.69, 9.17) is 0 Å². The fourth-order valence-corrected chi connectivity index (χ4v) is 5.74. The van der Waals surface area contributed by atoms with E-state index in [0.29, 0.717) is 11.4 Å². The molecule has 0 fully saturated rings. The van der Waals surface area contributed by atoms with Gasteiger partial charge in [-0.25, -0.2) is 22.3 Å². The van der Waals surface area contributed by atoms with Crippen LogP contribution in [0.15, 0.2) is 59.5 Å². The van der Waals surface area contributed by atoms with E-state index in [1.165, 1.54) is 28.8 Å². The van der Waals surface area contributed by atoms with Gasteiger partial charge >= 0.3 is 6.03 Å². The number of nitrogens with zero attached hydrogens (tertiary/aromatic N) is 1.